The third kappa shape index (κ3) is 6.47. The molecule has 4 heterocycles. The Kier molecular flexibility index (Phi) is 7.77. The van der Waals surface area contributed by atoms with E-state index in [1.165, 1.54) is 17.8 Å². The van der Waals surface area contributed by atoms with Crippen LogP contribution in [0.4, 0.5) is 5.82 Å². The summed E-state index contributed by atoms with van der Waals surface area (Å²) in [5, 5.41) is 35.8. The van der Waals surface area contributed by atoms with Crippen LogP contribution in [0.25, 0.3) is 0 Å². The summed E-state index contributed by atoms with van der Waals surface area (Å²) in [6.45, 7) is 1.70. The van der Waals surface area contributed by atoms with E-state index >= 15 is 0 Å². The van der Waals surface area contributed by atoms with E-state index in [9.17, 15) is 15.0 Å². The lowest BCUT2D eigenvalue weighted by Crippen LogP contribution is -2.15. The van der Waals surface area contributed by atoms with E-state index in [4.69, 9.17) is 15.0 Å². The fourth-order valence-electron chi connectivity index (χ4n) is 4.16. The fraction of sp³-hybridized carbons (Fsp3) is 0.400. The highest BCUT2D eigenvalue weighted by molar-refractivity contribution is 5.68. The number of aryl methyl sites for hydroxylation is 2. The molecule has 0 saturated heterocycles. The Morgan fingerprint density at radius 3 is 2.94 bits per heavy atom. The van der Waals surface area contributed by atoms with Crippen molar-refractivity contribution in [2.75, 3.05) is 18.5 Å². The van der Waals surface area contributed by atoms with E-state index in [-0.39, 0.29) is 24.6 Å². The third-order valence-electron chi connectivity index (χ3n) is 5.91. The van der Waals surface area contributed by atoms with Crippen molar-refractivity contribution in [1.29, 1.82) is 5.26 Å². The maximum absolute atomic E-state index is 11.5. The highest BCUT2D eigenvalue weighted by Crippen LogP contribution is 2.27. The number of ether oxygens (including phenoxy) is 1. The number of aromatic nitrogens is 4. The molecular formula is C25H28N6O4. The normalized spacial score (nSPS) is 13.3. The molecular weight excluding hydrogens is 448 g/mol. The largest absolute Gasteiger partial charge is 0.493 e. The number of rotatable bonds is 11. The minimum atomic E-state index is -0.935. The lowest BCUT2D eigenvalue weighted by Gasteiger charge is -2.17. The number of nitrogens with one attached hydrogen (secondary N) is 1. The molecule has 10 heteroatoms. The molecule has 1 aliphatic heterocycles. The van der Waals surface area contributed by atoms with Gasteiger partial charge >= 0.3 is 5.97 Å². The summed E-state index contributed by atoms with van der Waals surface area (Å²) in [6, 6.07) is 11.2. The van der Waals surface area contributed by atoms with Crippen molar-refractivity contribution in [1.82, 2.24) is 19.7 Å². The van der Waals surface area contributed by atoms with Crippen LogP contribution in [0, 0.1) is 11.3 Å². The maximum Gasteiger partial charge on any atom is 0.303 e. The number of fused-ring (bicyclic) bond motifs is 1. The molecule has 0 aliphatic carbocycles. The number of aliphatic carboxylic acids is 1. The average molecular weight is 477 g/mol. The third-order valence-corrected chi connectivity index (χ3v) is 5.91. The topological polar surface area (TPSA) is 146 Å². The van der Waals surface area contributed by atoms with Gasteiger partial charge in [0, 0.05) is 42.9 Å². The molecule has 1 atom stereocenters. The van der Waals surface area contributed by atoms with Crippen molar-refractivity contribution < 1.29 is 19.7 Å². The number of aromatic hydroxyl groups is 1. The number of nitriles is 1. The lowest BCUT2D eigenvalue weighted by molar-refractivity contribution is -0.137. The highest BCUT2D eigenvalue weighted by atomic mass is 16.5. The number of carboxylic acid groups (broad SMARTS) is 1. The molecule has 182 valence electrons. The first-order chi connectivity index (χ1) is 17.0. The number of carbonyl (C=O) groups is 1. The van der Waals surface area contributed by atoms with E-state index < -0.39 is 5.97 Å². The highest BCUT2D eigenvalue weighted by Gasteiger charge is 2.20. The van der Waals surface area contributed by atoms with Crippen LogP contribution < -0.4 is 10.1 Å². The van der Waals surface area contributed by atoms with E-state index in [0.717, 1.165) is 30.9 Å². The summed E-state index contributed by atoms with van der Waals surface area (Å²) in [5.41, 5.74) is 3.53. The van der Waals surface area contributed by atoms with Crippen molar-refractivity contribution in [3.05, 3.63) is 59.0 Å². The standard InChI is InChI=1S/C25H28N6O4/c26-9-2-11-31-23(35-12-8-20-6-4-17-3-1-10-27-25(17)29-20)15-21(30-31)13-19(14-24(33)34)18-5-7-22(32)28-16-18/h4-7,15-16,19H,1-3,8,10-14H2,(H,27,29)(H,28,32)(H,33,34). The SMILES string of the molecule is N#CCCn1nc(CC(CC(=O)O)c2ccc(O)nc2)cc1OCCc1ccc2c(n1)NCCC2. The van der Waals surface area contributed by atoms with Gasteiger partial charge in [0.2, 0.25) is 11.8 Å². The average Bonchev–Trinajstić information content (AvgIpc) is 3.23. The zero-order valence-corrected chi connectivity index (χ0v) is 19.4. The number of nitrogens with zero attached hydrogens (tertiary/aromatic N) is 5. The van der Waals surface area contributed by atoms with E-state index in [0.29, 0.717) is 43.1 Å². The van der Waals surface area contributed by atoms with Gasteiger partial charge in [-0.15, -0.1) is 0 Å². The van der Waals surface area contributed by atoms with Crippen molar-refractivity contribution in [2.24, 2.45) is 0 Å². The molecule has 3 aromatic rings. The number of carboxylic acids is 1. The Bertz CT molecular complexity index is 1200. The number of pyridine rings is 2. The van der Waals surface area contributed by atoms with E-state index in [2.05, 4.69) is 27.5 Å². The number of hydrogen-bond donors (Lipinski definition) is 3. The molecule has 1 aliphatic rings. The predicted molar refractivity (Wildman–Crippen MR) is 127 cm³/mol. The molecule has 0 radical (unpaired) electrons. The van der Waals surface area contributed by atoms with Crippen molar-refractivity contribution in [3.63, 3.8) is 0 Å². The van der Waals surface area contributed by atoms with Gasteiger partial charge in [-0.05, 0) is 36.5 Å². The first-order valence-corrected chi connectivity index (χ1v) is 11.7. The molecule has 10 nitrogen and oxygen atoms in total. The molecule has 0 fully saturated rings. The first kappa shape index (κ1) is 24.0. The predicted octanol–water partition coefficient (Wildman–Crippen LogP) is 3.07. The van der Waals surface area contributed by atoms with Crippen LogP contribution in [0.1, 0.15) is 47.7 Å². The van der Waals surface area contributed by atoms with Crippen LogP contribution in [-0.4, -0.2) is 49.1 Å². The van der Waals surface area contributed by atoms with Crippen LogP contribution in [0.2, 0.25) is 0 Å². The maximum atomic E-state index is 11.5. The van der Waals surface area contributed by atoms with Crippen molar-refractivity contribution >= 4 is 11.8 Å². The smallest absolute Gasteiger partial charge is 0.303 e. The monoisotopic (exact) mass is 476 g/mol. The Balaban J connectivity index is 1.45. The summed E-state index contributed by atoms with van der Waals surface area (Å²) < 4.78 is 7.66. The van der Waals surface area contributed by atoms with Gasteiger partial charge < -0.3 is 20.3 Å². The number of anilines is 1. The summed E-state index contributed by atoms with van der Waals surface area (Å²) in [5.74, 6) is 0.0477. The summed E-state index contributed by atoms with van der Waals surface area (Å²) in [4.78, 5) is 20.0. The second kappa shape index (κ2) is 11.3. The molecule has 0 spiro atoms. The van der Waals surface area contributed by atoms with Crippen LogP contribution in [-0.2, 0) is 30.6 Å². The van der Waals surface area contributed by atoms with Gasteiger partial charge in [-0.1, -0.05) is 12.1 Å². The molecule has 0 aromatic carbocycles. The van der Waals surface area contributed by atoms with Crippen molar-refractivity contribution in [2.45, 2.75) is 51.0 Å². The number of hydrogen-bond acceptors (Lipinski definition) is 8. The van der Waals surface area contributed by atoms with Gasteiger partial charge in [0.25, 0.3) is 0 Å². The fourth-order valence-corrected chi connectivity index (χ4v) is 4.16. The second-order valence-corrected chi connectivity index (χ2v) is 8.49. The molecule has 1 unspecified atom stereocenters. The van der Waals surface area contributed by atoms with Gasteiger partial charge in [-0.25, -0.2) is 14.6 Å². The molecule has 0 bridgehead atoms. The quantitative estimate of drug-likeness (QED) is 0.380. The Hall–Kier alpha value is -4.13. The van der Waals surface area contributed by atoms with Gasteiger partial charge in [0.15, 0.2) is 0 Å². The summed E-state index contributed by atoms with van der Waals surface area (Å²) >= 11 is 0. The molecule has 0 saturated carbocycles. The molecule has 0 amide bonds. The van der Waals surface area contributed by atoms with Crippen LogP contribution in [0.5, 0.6) is 11.8 Å². The minimum absolute atomic E-state index is 0.105. The Morgan fingerprint density at radius 2 is 2.17 bits per heavy atom. The van der Waals surface area contributed by atoms with Crippen LogP contribution in [0.15, 0.2) is 36.5 Å². The molecule has 3 aromatic heterocycles. The Labute approximate surface area is 203 Å². The van der Waals surface area contributed by atoms with Crippen LogP contribution >= 0.6 is 0 Å². The molecule has 35 heavy (non-hydrogen) atoms. The zero-order valence-electron chi connectivity index (χ0n) is 19.4. The van der Waals surface area contributed by atoms with E-state index in [1.807, 2.05) is 6.07 Å². The summed E-state index contributed by atoms with van der Waals surface area (Å²) in [6.07, 6.45) is 4.77. The van der Waals surface area contributed by atoms with Gasteiger partial charge in [-0.3, -0.25) is 4.79 Å². The van der Waals surface area contributed by atoms with E-state index in [1.54, 1.807) is 16.8 Å². The van der Waals surface area contributed by atoms with Gasteiger partial charge in [0.1, 0.15) is 5.82 Å². The van der Waals surface area contributed by atoms with Gasteiger partial charge in [0.05, 0.1) is 37.8 Å². The van der Waals surface area contributed by atoms with Crippen molar-refractivity contribution in [3.8, 4) is 17.8 Å². The second-order valence-electron chi connectivity index (χ2n) is 8.49. The molecule has 3 N–H and O–H groups in total. The molecule has 4 rings (SSSR count). The van der Waals surface area contributed by atoms with Crippen LogP contribution in [0.3, 0.4) is 0 Å². The lowest BCUT2D eigenvalue weighted by atomic mass is 9.92. The Morgan fingerprint density at radius 1 is 1.29 bits per heavy atom. The van der Waals surface area contributed by atoms with Gasteiger partial charge in [-0.2, -0.15) is 10.4 Å². The first-order valence-electron chi connectivity index (χ1n) is 11.7. The summed E-state index contributed by atoms with van der Waals surface area (Å²) in [7, 11) is 0. The minimum Gasteiger partial charge on any atom is -0.493 e. The zero-order chi connectivity index (χ0) is 24.6.